The van der Waals surface area contributed by atoms with E-state index in [1.165, 1.54) is 6.07 Å². The summed E-state index contributed by atoms with van der Waals surface area (Å²) in [7, 11) is 0. The van der Waals surface area contributed by atoms with E-state index in [1.54, 1.807) is 30.3 Å². The van der Waals surface area contributed by atoms with E-state index in [2.05, 4.69) is 32.9 Å². The van der Waals surface area contributed by atoms with Crippen molar-refractivity contribution >= 4 is 0 Å². The van der Waals surface area contributed by atoms with Crippen LogP contribution in [0.3, 0.4) is 0 Å². The van der Waals surface area contributed by atoms with E-state index in [9.17, 15) is 15.3 Å². The Balaban J connectivity index is 1.30. The van der Waals surface area contributed by atoms with Crippen LogP contribution in [-0.4, -0.2) is 28.0 Å². The molecule has 2 atom stereocenters. The maximum Gasteiger partial charge on any atom is 0.204 e. The third kappa shape index (κ3) is 9.88. The van der Waals surface area contributed by atoms with Crippen molar-refractivity contribution in [3.8, 4) is 68.6 Å². The molecule has 1 aliphatic rings. The zero-order valence-electron chi connectivity index (χ0n) is 34.6. The summed E-state index contributed by atoms with van der Waals surface area (Å²) in [6, 6.07) is 33.2. The highest BCUT2D eigenvalue weighted by molar-refractivity contribution is 5.77. The summed E-state index contributed by atoms with van der Waals surface area (Å²) in [5.74, 6) is 2.00. The Kier molecular flexibility index (Phi) is 13.5. The van der Waals surface area contributed by atoms with Crippen molar-refractivity contribution in [2.75, 3.05) is 6.61 Å². The third-order valence-corrected chi connectivity index (χ3v) is 10.3. The molecule has 1 aliphatic heterocycles. The number of fused-ring (bicyclic) bond motifs is 1. The number of benzene rings is 6. The summed E-state index contributed by atoms with van der Waals surface area (Å²) >= 11 is 0. The van der Waals surface area contributed by atoms with E-state index in [4.69, 9.17) is 23.7 Å². The summed E-state index contributed by atoms with van der Waals surface area (Å²) < 4.78 is 33.1. The zero-order chi connectivity index (χ0) is 43.6. The molecule has 0 fully saturated rings. The van der Waals surface area contributed by atoms with Crippen LogP contribution in [0.15, 0.2) is 172 Å². The Hall–Kier alpha value is -7.58. The first-order valence-corrected chi connectivity index (χ1v) is 20.4. The van der Waals surface area contributed by atoms with Crippen LogP contribution < -0.4 is 23.7 Å². The van der Waals surface area contributed by atoms with E-state index in [0.717, 1.165) is 34.2 Å². The lowest BCUT2D eigenvalue weighted by Gasteiger charge is -2.35. The normalized spacial score (nSPS) is 14.0. The van der Waals surface area contributed by atoms with E-state index < -0.39 is 23.7 Å². The minimum Gasteiger partial charge on any atom is -0.507 e. The molecule has 3 N–H and O–H groups in total. The Labute approximate surface area is 363 Å². The van der Waals surface area contributed by atoms with Gasteiger partial charge in [0.1, 0.15) is 29.6 Å². The van der Waals surface area contributed by atoms with E-state index in [0.29, 0.717) is 76.9 Å². The average Bonchev–Trinajstić information content (AvgIpc) is 3.27. The first kappa shape index (κ1) is 42.5. The van der Waals surface area contributed by atoms with Crippen molar-refractivity contribution in [2.45, 2.75) is 44.3 Å². The number of hydrogen-bond donors (Lipinski definition) is 3. The lowest BCUT2D eigenvalue weighted by molar-refractivity contribution is -0.00806. The van der Waals surface area contributed by atoms with Gasteiger partial charge in [-0.25, -0.2) is 0 Å². The first-order valence-electron chi connectivity index (χ1n) is 20.4. The number of ether oxygens (including phenoxy) is 5. The van der Waals surface area contributed by atoms with Gasteiger partial charge in [0, 0.05) is 16.7 Å². The second kappa shape index (κ2) is 19.7. The Bertz CT molecular complexity index is 2590. The molecule has 0 aromatic heterocycles. The van der Waals surface area contributed by atoms with Crippen molar-refractivity contribution in [1.29, 1.82) is 0 Å². The van der Waals surface area contributed by atoms with Crippen LogP contribution in [-0.2, 0) is 32.1 Å². The van der Waals surface area contributed by atoms with E-state index in [-0.39, 0.29) is 18.1 Å². The number of phenolic OH excluding ortho intramolecular Hbond substituents is 3. The summed E-state index contributed by atoms with van der Waals surface area (Å²) in [5.41, 5.74) is 6.69. The molecule has 6 aromatic carbocycles. The molecule has 0 saturated heterocycles. The van der Waals surface area contributed by atoms with Gasteiger partial charge < -0.3 is 39.0 Å². The lowest BCUT2D eigenvalue weighted by Crippen LogP contribution is -2.38. The smallest absolute Gasteiger partial charge is 0.204 e. The van der Waals surface area contributed by atoms with Crippen molar-refractivity contribution < 1.29 is 39.0 Å². The minimum absolute atomic E-state index is 0.0184. The van der Waals surface area contributed by atoms with E-state index in [1.807, 2.05) is 103 Å². The van der Waals surface area contributed by atoms with Gasteiger partial charge in [0.2, 0.25) is 11.5 Å². The number of aromatic hydroxyl groups is 3. The number of phenols is 3. The molecule has 8 nitrogen and oxygen atoms in total. The maximum atomic E-state index is 11.2. The molecule has 6 aromatic rings. The Morgan fingerprint density at radius 2 is 1.02 bits per heavy atom. The monoisotopic (exact) mass is 826 g/mol. The van der Waals surface area contributed by atoms with Gasteiger partial charge in [-0.1, -0.05) is 66.8 Å². The molecule has 0 saturated carbocycles. The predicted molar refractivity (Wildman–Crippen MR) is 246 cm³/mol. The van der Waals surface area contributed by atoms with Crippen LogP contribution in [0.5, 0.6) is 57.5 Å². The highest BCUT2D eigenvalue weighted by Gasteiger charge is 2.37. The van der Waals surface area contributed by atoms with Gasteiger partial charge in [-0.2, -0.15) is 0 Å². The largest absolute Gasteiger partial charge is 0.507 e. The molecule has 62 heavy (non-hydrogen) atoms. The summed E-state index contributed by atoms with van der Waals surface area (Å²) in [4.78, 5) is 0. The van der Waals surface area contributed by atoms with Crippen molar-refractivity contribution in [3.63, 3.8) is 0 Å². The van der Waals surface area contributed by atoms with Gasteiger partial charge in [0.15, 0.2) is 35.2 Å². The zero-order valence-corrected chi connectivity index (χ0v) is 34.6. The molecule has 0 radical (unpaired) electrons. The highest BCUT2D eigenvalue weighted by atomic mass is 16.6. The fourth-order valence-electron chi connectivity index (χ4n) is 7.33. The highest BCUT2D eigenvalue weighted by Crippen LogP contribution is 2.50. The number of hydrogen-bond acceptors (Lipinski definition) is 8. The maximum absolute atomic E-state index is 11.2. The molecule has 7 rings (SSSR count). The van der Waals surface area contributed by atoms with Gasteiger partial charge in [-0.05, 0) is 133 Å². The predicted octanol–water partition coefficient (Wildman–Crippen LogP) is 12.7. The van der Waals surface area contributed by atoms with Crippen molar-refractivity contribution in [2.24, 2.45) is 0 Å². The second-order valence-electron chi connectivity index (χ2n) is 15.0. The van der Waals surface area contributed by atoms with Crippen LogP contribution in [0, 0.1) is 0 Å². The SMILES string of the molecule is C=CCc1ccc(Oc2cc([C@H]3Oc4cc(CC=C)cc(Oc5ccc(CC=C)cc5)c4O[C@@H]3COc3ccc(CC=C)cc3-c3cc(CC=C)ccc3O)cc(O)c2O)cc1. The molecule has 0 amide bonds. The fourth-order valence-corrected chi connectivity index (χ4v) is 7.33. The van der Waals surface area contributed by atoms with Crippen LogP contribution >= 0.6 is 0 Å². The van der Waals surface area contributed by atoms with Gasteiger partial charge in [-0.15, -0.1) is 32.9 Å². The second-order valence-corrected chi connectivity index (χ2v) is 15.0. The average molecular weight is 827 g/mol. The van der Waals surface area contributed by atoms with Crippen LogP contribution in [0.1, 0.15) is 39.5 Å². The standard InChI is InChI=1S/C54H50O8/c1-6-11-35-16-22-41(23-17-35)59-48-33-40(32-46(56)52(48)57)53-51(34-58-47-27-21-38(14-9-4)29-44(47)43-28-37(13-8-3)20-26-45(43)55)62-54-49(30-39(15-10-5)31-50(54)61-53)60-42-24-18-36(12-7-2)19-25-42/h6-10,16-33,51,53,55-57H,1-5,11-15,34H2/t51-,53-/m1/s1. The lowest BCUT2D eigenvalue weighted by atomic mass is 9.97. The van der Waals surface area contributed by atoms with E-state index >= 15 is 0 Å². The molecule has 1 heterocycles. The quantitative estimate of drug-likeness (QED) is 0.0547. The number of allylic oxidation sites excluding steroid dienone is 5. The minimum atomic E-state index is -0.899. The molecule has 314 valence electrons. The van der Waals surface area contributed by atoms with Crippen LogP contribution in [0.4, 0.5) is 0 Å². The third-order valence-electron chi connectivity index (χ3n) is 10.3. The summed E-state index contributed by atoms with van der Waals surface area (Å²) in [6.07, 6.45) is 10.5. The van der Waals surface area contributed by atoms with Gasteiger partial charge >= 0.3 is 0 Å². The van der Waals surface area contributed by atoms with Gasteiger partial charge in [-0.3, -0.25) is 0 Å². The molecular formula is C54H50O8. The topological polar surface area (TPSA) is 107 Å². The molecule has 0 aliphatic carbocycles. The summed E-state index contributed by atoms with van der Waals surface area (Å²) in [6.45, 7) is 19.3. The van der Waals surface area contributed by atoms with Crippen molar-refractivity contribution in [1.82, 2.24) is 0 Å². The van der Waals surface area contributed by atoms with Crippen molar-refractivity contribution in [3.05, 3.63) is 206 Å². The Morgan fingerprint density at radius 3 is 1.63 bits per heavy atom. The summed E-state index contributed by atoms with van der Waals surface area (Å²) in [5, 5.41) is 33.3. The fraction of sp³-hybridized carbons (Fsp3) is 0.148. The Morgan fingerprint density at radius 1 is 0.484 bits per heavy atom. The van der Waals surface area contributed by atoms with Crippen LogP contribution in [0.25, 0.3) is 11.1 Å². The van der Waals surface area contributed by atoms with Crippen LogP contribution in [0.2, 0.25) is 0 Å². The molecule has 0 unspecified atom stereocenters. The van der Waals surface area contributed by atoms with Gasteiger partial charge in [0.25, 0.3) is 0 Å². The first-order chi connectivity index (χ1) is 30.2. The molecule has 8 heteroatoms. The molecular weight excluding hydrogens is 777 g/mol. The molecule has 0 bridgehead atoms. The number of rotatable bonds is 19. The van der Waals surface area contributed by atoms with Gasteiger partial charge in [0.05, 0.1) is 0 Å². The molecule has 0 spiro atoms.